The molecule has 0 spiro atoms. The molecule has 6 nitrogen and oxygen atoms in total. The lowest BCUT2D eigenvalue weighted by Gasteiger charge is -2.30. The van der Waals surface area contributed by atoms with E-state index in [1.165, 1.54) is 12.1 Å². The molecule has 0 bridgehead atoms. The first-order valence-electron chi connectivity index (χ1n) is 5.93. The molecule has 0 fully saturated rings. The van der Waals surface area contributed by atoms with Crippen molar-refractivity contribution >= 4 is 21.4 Å². The van der Waals surface area contributed by atoms with Gasteiger partial charge >= 0.3 is 0 Å². The Labute approximate surface area is 114 Å². The lowest BCUT2D eigenvalue weighted by Crippen LogP contribution is -2.38. The van der Waals surface area contributed by atoms with Gasteiger partial charge in [0.15, 0.2) is 0 Å². The number of hydrogen-bond donors (Lipinski definition) is 3. The van der Waals surface area contributed by atoms with E-state index < -0.39 is 15.6 Å². The normalized spacial score (nSPS) is 12.5. The van der Waals surface area contributed by atoms with E-state index in [2.05, 4.69) is 0 Å². The summed E-state index contributed by atoms with van der Waals surface area (Å²) in [4.78, 5) is 1.81. The second-order valence-corrected chi connectivity index (χ2v) is 6.69. The van der Waals surface area contributed by atoms with Gasteiger partial charge in [0.05, 0.1) is 10.5 Å². The molecule has 0 radical (unpaired) electrons. The third-order valence-electron chi connectivity index (χ3n) is 2.57. The number of hydrogen-bond acceptors (Lipinski definition) is 5. The van der Waals surface area contributed by atoms with E-state index in [0.717, 1.165) is 0 Å². The van der Waals surface area contributed by atoms with E-state index in [1.807, 2.05) is 11.8 Å². The Morgan fingerprint density at radius 1 is 1.32 bits per heavy atom. The van der Waals surface area contributed by atoms with Crippen LogP contribution in [0.3, 0.4) is 0 Å². The molecule has 1 aromatic rings. The van der Waals surface area contributed by atoms with Gasteiger partial charge < -0.3 is 15.7 Å². The molecule has 0 unspecified atom stereocenters. The van der Waals surface area contributed by atoms with Gasteiger partial charge in [-0.3, -0.25) is 0 Å². The fourth-order valence-electron chi connectivity index (χ4n) is 1.81. The molecule has 0 atom stereocenters. The number of benzene rings is 1. The highest BCUT2D eigenvalue weighted by molar-refractivity contribution is 7.89. The van der Waals surface area contributed by atoms with Crippen molar-refractivity contribution in [2.45, 2.75) is 31.3 Å². The number of rotatable bonds is 5. The van der Waals surface area contributed by atoms with Crippen LogP contribution in [0.5, 0.6) is 0 Å². The Morgan fingerprint density at radius 3 is 2.32 bits per heavy atom. The van der Waals surface area contributed by atoms with E-state index in [4.69, 9.17) is 10.9 Å². The largest absolute Gasteiger partial charge is 0.399 e. The third kappa shape index (κ3) is 4.70. The maximum Gasteiger partial charge on any atom is 0.238 e. The number of aliphatic hydroxyl groups is 1. The van der Waals surface area contributed by atoms with Crippen LogP contribution in [0.1, 0.15) is 20.8 Å². The van der Waals surface area contributed by atoms with Gasteiger partial charge in [0.25, 0.3) is 0 Å². The summed E-state index contributed by atoms with van der Waals surface area (Å²) in [5.41, 5.74) is 5.74. The second kappa shape index (κ2) is 5.36. The summed E-state index contributed by atoms with van der Waals surface area (Å²) < 4.78 is 22.8. The third-order valence-corrected chi connectivity index (χ3v) is 3.46. The van der Waals surface area contributed by atoms with Crippen LogP contribution in [0.2, 0.25) is 0 Å². The van der Waals surface area contributed by atoms with Crippen LogP contribution in [-0.2, 0) is 10.0 Å². The van der Waals surface area contributed by atoms with Crippen LogP contribution >= 0.6 is 0 Å². The average molecular weight is 287 g/mol. The van der Waals surface area contributed by atoms with Gasteiger partial charge in [-0.1, -0.05) is 0 Å². The first-order valence-corrected chi connectivity index (χ1v) is 7.48. The molecule has 0 amide bonds. The number of anilines is 2. The highest BCUT2D eigenvalue weighted by Gasteiger charge is 2.19. The van der Waals surface area contributed by atoms with Crippen molar-refractivity contribution in [1.82, 2.24) is 0 Å². The first kappa shape index (κ1) is 15.7. The van der Waals surface area contributed by atoms with Gasteiger partial charge in [0.2, 0.25) is 10.0 Å². The summed E-state index contributed by atoms with van der Waals surface area (Å²) in [6, 6.07) is 4.43. The SMILES string of the molecule is CCN(CC(C)(C)O)c1cc(N)cc(S(N)(=O)=O)c1. The Balaban J connectivity index is 3.22. The molecule has 0 aliphatic rings. The molecule has 0 saturated heterocycles. The molecular weight excluding hydrogens is 266 g/mol. The van der Waals surface area contributed by atoms with E-state index in [9.17, 15) is 13.5 Å². The smallest absolute Gasteiger partial charge is 0.238 e. The number of primary sulfonamides is 1. The molecule has 1 aromatic carbocycles. The summed E-state index contributed by atoms with van der Waals surface area (Å²) in [5, 5.41) is 15.0. The van der Waals surface area contributed by atoms with Crippen molar-refractivity contribution in [3.8, 4) is 0 Å². The van der Waals surface area contributed by atoms with Crippen LogP contribution in [0.15, 0.2) is 23.1 Å². The Hall–Kier alpha value is -1.31. The van der Waals surface area contributed by atoms with Crippen molar-refractivity contribution < 1.29 is 13.5 Å². The zero-order valence-electron chi connectivity index (χ0n) is 11.4. The summed E-state index contributed by atoms with van der Waals surface area (Å²) in [6.07, 6.45) is 0. The van der Waals surface area contributed by atoms with Gasteiger partial charge in [0.1, 0.15) is 0 Å². The molecule has 0 aliphatic heterocycles. The lowest BCUT2D eigenvalue weighted by molar-refractivity contribution is 0.0876. The van der Waals surface area contributed by atoms with Gasteiger partial charge in [-0.25, -0.2) is 13.6 Å². The predicted molar refractivity (Wildman–Crippen MR) is 76.4 cm³/mol. The molecule has 0 aromatic heterocycles. The fraction of sp³-hybridized carbons (Fsp3) is 0.500. The minimum Gasteiger partial charge on any atom is -0.399 e. The van der Waals surface area contributed by atoms with Gasteiger partial charge in [-0.15, -0.1) is 0 Å². The van der Waals surface area contributed by atoms with Crippen LogP contribution in [0.4, 0.5) is 11.4 Å². The van der Waals surface area contributed by atoms with Gasteiger partial charge in [-0.05, 0) is 39.0 Å². The van der Waals surface area contributed by atoms with Crippen molar-refractivity contribution in [2.75, 3.05) is 23.7 Å². The Kier molecular flexibility index (Phi) is 4.44. The minimum absolute atomic E-state index is 0.0308. The highest BCUT2D eigenvalue weighted by atomic mass is 32.2. The van der Waals surface area contributed by atoms with Crippen LogP contribution in [0.25, 0.3) is 0 Å². The summed E-state index contributed by atoms with van der Waals surface area (Å²) in [6.45, 7) is 6.24. The molecule has 0 aliphatic carbocycles. The molecular formula is C12H21N3O3S. The number of nitrogen functional groups attached to an aromatic ring is 1. The summed E-state index contributed by atoms with van der Waals surface area (Å²) >= 11 is 0. The number of nitrogens with zero attached hydrogens (tertiary/aromatic N) is 1. The zero-order valence-corrected chi connectivity index (χ0v) is 12.2. The molecule has 1 rings (SSSR count). The second-order valence-electron chi connectivity index (χ2n) is 5.13. The maximum atomic E-state index is 11.4. The standard InChI is InChI=1S/C12H21N3O3S/c1-4-15(8-12(2,3)16)10-5-9(13)6-11(7-10)19(14,17)18/h5-7,16H,4,8,13H2,1-3H3,(H2,14,17,18). The van der Waals surface area contributed by atoms with E-state index >= 15 is 0 Å². The predicted octanol–water partition coefficient (Wildman–Crippen LogP) is 0.513. The lowest BCUT2D eigenvalue weighted by atomic mass is 10.1. The van der Waals surface area contributed by atoms with Crippen LogP contribution < -0.4 is 15.8 Å². The molecule has 19 heavy (non-hydrogen) atoms. The molecule has 108 valence electrons. The molecule has 0 saturated carbocycles. The summed E-state index contributed by atoms with van der Waals surface area (Å²) in [7, 11) is -3.80. The van der Waals surface area contributed by atoms with E-state index in [1.54, 1.807) is 19.9 Å². The number of sulfonamides is 1. The topological polar surface area (TPSA) is 110 Å². The fourth-order valence-corrected chi connectivity index (χ4v) is 2.39. The quantitative estimate of drug-likeness (QED) is 0.684. The maximum absolute atomic E-state index is 11.4. The van der Waals surface area contributed by atoms with Crippen molar-refractivity contribution in [3.63, 3.8) is 0 Å². The minimum atomic E-state index is -3.80. The molecule has 7 heteroatoms. The van der Waals surface area contributed by atoms with Crippen LogP contribution in [-0.4, -0.2) is 32.2 Å². The van der Waals surface area contributed by atoms with Gasteiger partial charge in [-0.2, -0.15) is 0 Å². The van der Waals surface area contributed by atoms with Crippen molar-refractivity contribution in [3.05, 3.63) is 18.2 Å². The molecule has 5 N–H and O–H groups in total. The number of likely N-dealkylation sites (N-methyl/N-ethyl adjacent to an activating group) is 1. The van der Waals surface area contributed by atoms with Crippen molar-refractivity contribution in [2.24, 2.45) is 5.14 Å². The Bertz CT molecular complexity index is 550. The van der Waals surface area contributed by atoms with Gasteiger partial charge in [0, 0.05) is 24.5 Å². The van der Waals surface area contributed by atoms with E-state index in [0.29, 0.717) is 24.5 Å². The molecule has 0 heterocycles. The Morgan fingerprint density at radius 2 is 1.89 bits per heavy atom. The number of nitrogens with two attached hydrogens (primary N) is 2. The van der Waals surface area contributed by atoms with Crippen LogP contribution in [0, 0.1) is 0 Å². The first-order chi connectivity index (χ1) is 8.53. The monoisotopic (exact) mass is 287 g/mol. The van der Waals surface area contributed by atoms with Crippen molar-refractivity contribution in [1.29, 1.82) is 0 Å². The zero-order chi connectivity index (χ0) is 14.8. The highest BCUT2D eigenvalue weighted by Crippen LogP contribution is 2.24. The average Bonchev–Trinajstić information content (AvgIpc) is 2.22. The van der Waals surface area contributed by atoms with E-state index in [-0.39, 0.29) is 4.90 Å². The summed E-state index contributed by atoms with van der Waals surface area (Å²) in [5.74, 6) is 0.